The summed E-state index contributed by atoms with van der Waals surface area (Å²) >= 11 is 1.20. The Hall–Kier alpha value is -1.46. The van der Waals surface area contributed by atoms with Crippen LogP contribution in [0.3, 0.4) is 0 Å². The first-order chi connectivity index (χ1) is 6.17. The Morgan fingerprint density at radius 2 is 2.46 bits per heavy atom. The number of amides is 1. The fraction of sp³-hybridized carbons (Fsp3) is 0.375. The molecule has 0 radical (unpaired) electrons. The van der Waals surface area contributed by atoms with E-state index in [0.717, 1.165) is 0 Å². The van der Waals surface area contributed by atoms with Gasteiger partial charge in [0.2, 0.25) is 5.91 Å². The Bertz CT molecular complexity index is 297. The Kier molecular flexibility index (Phi) is 5.42. The van der Waals surface area contributed by atoms with E-state index in [9.17, 15) is 4.79 Å². The number of terminal acetylenes is 1. The largest absolute Gasteiger partial charge is 0.368 e. The molecule has 13 heavy (non-hydrogen) atoms. The van der Waals surface area contributed by atoms with Crippen molar-refractivity contribution in [2.45, 2.75) is 0 Å². The lowest BCUT2D eigenvalue weighted by Gasteiger charge is -2.04. The van der Waals surface area contributed by atoms with Gasteiger partial charge in [-0.3, -0.25) is 9.79 Å². The second kappa shape index (κ2) is 6.10. The molecule has 0 aliphatic carbocycles. The molecule has 0 aromatic rings. The lowest BCUT2D eigenvalue weighted by Crippen LogP contribution is -2.27. The van der Waals surface area contributed by atoms with Gasteiger partial charge >= 0.3 is 0 Å². The molecule has 0 saturated heterocycles. The van der Waals surface area contributed by atoms with Gasteiger partial charge in [-0.05, 0) is 6.26 Å². The van der Waals surface area contributed by atoms with E-state index in [-0.39, 0.29) is 6.54 Å². The first kappa shape index (κ1) is 11.5. The Balaban J connectivity index is 4.67. The van der Waals surface area contributed by atoms with Crippen LogP contribution in [0.15, 0.2) is 4.99 Å². The van der Waals surface area contributed by atoms with Gasteiger partial charge in [0.15, 0.2) is 5.92 Å². The molecule has 1 atom stereocenters. The molecule has 0 aromatic heterocycles. The molecular weight excluding hydrogens is 186 g/mol. The molecule has 5 heteroatoms. The maximum absolute atomic E-state index is 10.7. The van der Waals surface area contributed by atoms with E-state index in [0.29, 0.717) is 5.04 Å². The minimum Gasteiger partial charge on any atom is -0.368 e. The number of hydrogen-bond donors (Lipinski definition) is 1. The molecule has 4 nitrogen and oxygen atoms in total. The summed E-state index contributed by atoms with van der Waals surface area (Å²) in [5, 5.41) is 8.97. The van der Waals surface area contributed by atoms with Crippen LogP contribution in [0.2, 0.25) is 0 Å². The monoisotopic (exact) mass is 195 g/mol. The normalized spacial score (nSPS) is 12.7. The first-order valence-corrected chi connectivity index (χ1v) is 4.60. The van der Waals surface area contributed by atoms with Crippen molar-refractivity contribution in [1.82, 2.24) is 0 Å². The van der Waals surface area contributed by atoms with Gasteiger partial charge in [-0.15, -0.1) is 18.2 Å². The molecule has 0 heterocycles. The highest BCUT2D eigenvalue weighted by molar-refractivity contribution is 8.13. The van der Waals surface area contributed by atoms with Crippen LogP contribution in [0.1, 0.15) is 0 Å². The molecule has 0 fully saturated rings. The van der Waals surface area contributed by atoms with Gasteiger partial charge in [-0.2, -0.15) is 5.26 Å². The van der Waals surface area contributed by atoms with Crippen LogP contribution in [-0.2, 0) is 4.79 Å². The van der Waals surface area contributed by atoms with Gasteiger partial charge in [0.25, 0.3) is 0 Å². The number of nitriles is 1. The molecule has 1 amide bonds. The maximum atomic E-state index is 10.7. The predicted molar refractivity (Wildman–Crippen MR) is 52.9 cm³/mol. The average molecular weight is 195 g/mol. The van der Waals surface area contributed by atoms with Crippen LogP contribution >= 0.6 is 11.8 Å². The highest BCUT2D eigenvalue weighted by Gasteiger charge is 2.20. The molecule has 0 spiro atoms. The summed E-state index contributed by atoms with van der Waals surface area (Å²) in [7, 11) is 0. The minimum atomic E-state index is -0.983. The van der Waals surface area contributed by atoms with Gasteiger partial charge in [0.1, 0.15) is 6.54 Å². The molecule has 0 rings (SSSR count). The fourth-order valence-electron chi connectivity index (χ4n) is 0.638. The second-order valence-corrected chi connectivity index (χ2v) is 2.85. The van der Waals surface area contributed by atoms with E-state index >= 15 is 0 Å². The lowest BCUT2D eigenvalue weighted by atomic mass is 10.2. The third-order valence-electron chi connectivity index (χ3n) is 1.20. The van der Waals surface area contributed by atoms with Crippen molar-refractivity contribution in [2.24, 2.45) is 16.6 Å². The molecule has 0 bridgehead atoms. The number of aliphatic imine (C=N–C) groups is 1. The summed E-state index contributed by atoms with van der Waals surface area (Å²) in [5.41, 5.74) is 4.99. The third-order valence-corrected chi connectivity index (χ3v) is 1.98. The van der Waals surface area contributed by atoms with Gasteiger partial charge in [0, 0.05) is 0 Å². The van der Waals surface area contributed by atoms with E-state index in [1.165, 1.54) is 11.8 Å². The van der Waals surface area contributed by atoms with Crippen LogP contribution in [0.5, 0.6) is 0 Å². The summed E-state index contributed by atoms with van der Waals surface area (Å²) < 4.78 is 0. The van der Waals surface area contributed by atoms with Crippen LogP contribution in [-0.4, -0.2) is 23.8 Å². The van der Waals surface area contributed by atoms with Crippen LogP contribution in [0.25, 0.3) is 0 Å². The maximum Gasteiger partial charge on any atom is 0.241 e. The van der Waals surface area contributed by atoms with Crippen molar-refractivity contribution in [1.29, 1.82) is 5.26 Å². The summed E-state index contributed by atoms with van der Waals surface area (Å²) in [6.45, 7) is 0.154. The summed E-state index contributed by atoms with van der Waals surface area (Å²) in [5.74, 6) is 0.604. The topological polar surface area (TPSA) is 79.2 Å². The van der Waals surface area contributed by atoms with Gasteiger partial charge in [-0.1, -0.05) is 5.92 Å². The molecule has 68 valence electrons. The number of rotatable bonds is 3. The predicted octanol–water partition coefficient (Wildman–Crippen LogP) is 0.00618. The van der Waals surface area contributed by atoms with Gasteiger partial charge in [-0.25, -0.2) is 0 Å². The highest BCUT2D eigenvalue weighted by atomic mass is 32.2. The van der Waals surface area contributed by atoms with E-state index in [4.69, 9.17) is 17.4 Å². The van der Waals surface area contributed by atoms with E-state index in [1.54, 1.807) is 12.3 Å². The zero-order valence-corrected chi connectivity index (χ0v) is 7.97. The third kappa shape index (κ3) is 3.64. The Labute approximate surface area is 81.2 Å². The molecular formula is C8H9N3OS. The number of nitrogens with zero attached hydrogens (tertiary/aromatic N) is 2. The average Bonchev–Trinajstić information content (AvgIpc) is 2.11. The number of hydrogen-bond acceptors (Lipinski definition) is 4. The molecule has 1 unspecified atom stereocenters. The summed E-state index contributed by atoms with van der Waals surface area (Å²) in [6.07, 6.45) is 6.69. The number of thioether (sulfide) groups is 1. The van der Waals surface area contributed by atoms with Crippen molar-refractivity contribution in [2.75, 3.05) is 12.8 Å². The van der Waals surface area contributed by atoms with Crippen LogP contribution < -0.4 is 5.73 Å². The minimum absolute atomic E-state index is 0.154. The molecule has 2 N–H and O–H groups in total. The van der Waals surface area contributed by atoms with Crippen molar-refractivity contribution in [3.05, 3.63) is 0 Å². The number of primary amides is 1. The van der Waals surface area contributed by atoms with Crippen molar-refractivity contribution >= 4 is 22.7 Å². The van der Waals surface area contributed by atoms with Gasteiger partial charge < -0.3 is 5.73 Å². The standard InChI is InChI=1S/C8H9N3OS/c1-3-4-11-8(13-2)6(5-9)7(10)12/h1,6H,4H2,2H3,(H2,10,12). The van der Waals surface area contributed by atoms with E-state index < -0.39 is 11.8 Å². The first-order valence-electron chi connectivity index (χ1n) is 3.38. The Morgan fingerprint density at radius 1 is 1.85 bits per heavy atom. The number of carbonyl (C=O) groups excluding carboxylic acids is 1. The molecule has 0 aliphatic heterocycles. The molecule has 0 aromatic carbocycles. The summed E-state index contributed by atoms with van der Waals surface area (Å²) in [6, 6.07) is 1.77. The number of nitrogens with two attached hydrogens (primary N) is 1. The lowest BCUT2D eigenvalue weighted by molar-refractivity contribution is -0.118. The number of carbonyl (C=O) groups is 1. The van der Waals surface area contributed by atoms with Crippen molar-refractivity contribution in [3.8, 4) is 18.4 Å². The zero-order valence-electron chi connectivity index (χ0n) is 7.15. The van der Waals surface area contributed by atoms with E-state index in [2.05, 4.69) is 10.9 Å². The smallest absolute Gasteiger partial charge is 0.241 e. The zero-order chi connectivity index (χ0) is 10.3. The summed E-state index contributed by atoms with van der Waals surface area (Å²) in [4.78, 5) is 14.6. The molecule has 0 saturated carbocycles. The second-order valence-electron chi connectivity index (χ2n) is 2.03. The van der Waals surface area contributed by atoms with E-state index in [1.807, 2.05) is 0 Å². The van der Waals surface area contributed by atoms with Gasteiger partial charge in [0.05, 0.1) is 11.1 Å². The van der Waals surface area contributed by atoms with Crippen molar-refractivity contribution < 1.29 is 4.79 Å². The van der Waals surface area contributed by atoms with Crippen molar-refractivity contribution in [3.63, 3.8) is 0 Å². The Morgan fingerprint density at radius 3 is 2.77 bits per heavy atom. The highest BCUT2D eigenvalue weighted by Crippen LogP contribution is 2.09. The quantitative estimate of drug-likeness (QED) is 0.391. The van der Waals surface area contributed by atoms with Crippen LogP contribution in [0, 0.1) is 29.6 Å². The molecule has 0 aliphatic rings. The van der Waals surface area contributed by atoms with Crippen LogP contribution in [0.4, 0.5) is 0 Å². The SMILES string of the molecule is C#CCN=C(SC)C(C#N)C(N)=O. The fourth-order valence-corrected chi connectivity index (χ4v) is 1.24.